The summed E-state index contributed by atoms with van der Waals surface area (Å²) in [5, 5.41) is 13.4. The van der Waals surface area contributed by atoms with Crippen molar-refractivity contribution in [1.82, 2.24) is 25.3 Å². The molecule has 0 aliphatic rings. The van der Waals surface area contributed by atoms with E-state index in [2.05, 4.69) is 20.6 Å². The normalized spacial score (nSPS) is 12.3. The van der Waals surface area contributed by atoms with Gasteiger partial charge >= 0.3 is 0 Å². The maximum absolute atomic E-state index is 11.9. The van der Waals surface area contributed by atoms with Crippen LogP contribution in [0.15, 0.2) is 17.8 Å². The minimum Gasteiger partial charge on any atom is -0.350 e. The zero-order chi connectivity index (χ0) is 13.7. The highest BCUT2D eigenvalue weighted by atomic mass is 32.1. The second-order valence-corrected chi connectivity index (χ2v) is 5.06. The second-order valence-electron chi connectivity index (χ2n) is 4.14. The van der Waals surface area contributed by atoms with Crippen LogP contribution in [0.5, 0.6) is 0 Å². The summed E-state index contributed by atoms with van der Waals surface area (Å²) in [5.74, 6) is -0.0466. The largest absolute Gasteiger partial charge is 0.350 e. The van der Waals surface area contributed by atoms with E-state index in [1.807, 2.05) is 12.3 Å². The van der Waals surface area contributed by atoms with Crippen LogP contribution in [0.4, 0.5) is 0 Å². The molecule has 0 aliphatic carbocycles. The Morgan fingerprint density at radius 3 is 3.16 bits per heavy atom. The third-order valence-electron chi connectivity index (χ3n) is 2.57. The lowest BCUT2D eigenvalue weighted by molar-refractivity contribution is 0.0946. The molecule has 2 heterocycles. The van der Waals surface area contributed by atoms with E-state index < -0.39 is 0 Å². The molecule has 7 nitrogen and oxygen atoms in total. The third kappa shape index (κ3) is 3.58. The molecule has 0 bridgehead atoms. The van der Waals surface area contributed by atoms with Gasteiger partial charge < -0.3 is 11.1 Å². The van der Waals surface area contributed by atoms with Crippen molar-refractivity contribution in [1.29, 1.82) is 0 Å². The predicted molar refractivity (Wildman–Crippen MR) is 71.9 cm³/mol. The monoisotopic (exact) mass is 280 g/mol. The fraction of sp³-hybridized carbons (Fsp3) is 0.455. The van der Waals surface area contributed by atoms with Gasteiger partial charge in [-0.15, -0.1) is 16.4 Å². The van der Waals surface area contributed by atoms with Crippen LogP contribution in [-0.2, 0) is 6.54 Å². The van der Waals surface area contributed by atoms with Crippen molar-refractivity contribution in [3.05, 3.63) is 28.5 Å². The lowest BCUT2D eigenvalue weighted by Crippen LogP contribution is -2.27. The zero-order valence-electron chi connectivity index (χ0n) is 10.6. The second kappa shape index (κ2) is 6.39. The van der Waals surface area contributed by atoms with E-state index in [9.17, 15) is 4.79 Å². The Morgan fingerprint density at radius 2 is 2.47 bits per heavy atom. The van der Waals surface area contributed by atoms with Gasteiger partial charge in [0.25, 0.3) is 5.91 Å². The third-order valence-corrected chi connectivity index (χ3v) is 3.58. The van der Waals surface area contributed by atoms with Gasteiger partial charge in [-0.05, 0) is 0 Å². The van der Waals surface area contributed by atoms with Crippen molar-refractivity contribution < 1.29 is 4.79 Å². The molecule has 2 rings (SSSR count). The molecular weight excluding hydrogens is 264 g/mol. The molecule has 0 radical (unpaired) electrons. The molecule has 0 spiro atoms. The molecule has 0 saturated carbocycles. The fourth-order valence-corrected chi connectivity index (χ4v) is 2.24. The number of carbonyl (C=O) groups excluding carboxylic acids is 1. The van der Waals surface area contributed by atoms with Gasteiger partial charge in [-0.1, -0.05) is 12.1 Å². The van der Waals surface area contributed by atoms with Gasteiger partial charge in [0.2, 0.25) is 0 Å². The van der Waals surface area contributed by atoms with E-state index in [0.717, 1.165) is 5.01 Å². The molecule has 8 heteroatoms. The van der Waals surface area contributed by atoms with Crippen LogP contribution < -0.4 is 11.1 Å². The number of hydrogen-bond donors (Lipinski definition) is 2. The lowest BCUT2D eigenvalue weighted by atomic mass is 10.2. The minimum atomic E-state index is -0.230. The maximum atomic E-state index is 11.9. The molecule has 3 N–H and O–H groups in total. The first kappa shape index (κ1) is 13.6. The number of carbonyl (C=O) groups is 1. The highest BCUT2D eigenvalue weighted by Crippen LogP contribution is 2.16. The highest BCUT2D eigenvalue weighted by molar-refractivity contribution is 7.09. The molecule has 1 atom stereocenters. The number of nitrogens with one attached hydrogen (secondary N) is 1. The average Bonchev–Trinajstić information content (AvgIpc) is 3.06. The van der Waals surface area contributed by atoms with Gasteiger partial charge in [0.05, 0.1) is 17.7 Å². The number of amides is 1. The smallest absolute Gasteiger partial charge is 0.273 e. The number of hydrogen-bond acceptors (Lipinski definition) is 6. The van der Waals surface area contributed by atoms with Gasteiger partial charge in [0.15, 0.2) is 5.69 Å². The SMILES string of the molecule is CC(CNC(=O)c1cn(CCN)nn1)c1nccs1. The van der Waals surface area contributed by atoms with Crippen LogP contribution in [0.25, 0.3) is 0 Å². The van der Waals surface area contributed by atoms with Crippen molar-refractivity contribution in [2.45, 2.75) is 19.4 Å². The summed E-state index contributed by atoms with van der Waals surface area (Å²) in [5.41, 5.74) is 5.71. The van der Waals surface area contributed by atoms with E-state index in [4.69, 9.17) is 5.73 Å². The van der Waals surface area contributed by atoms with Gasteiger partial charge in [0.1, 0.15) is 0 Å². The predicted octanol–water partition coefficient (Wildman–Crippen LogP) is 0.227. The number of rotatable bonds is 6. The summed E-state index contributed by atoms with van der Waals surface area (Å²) < 4.78 is 1.55. The van der Waals surface area contributed by atoms with Crippen LogP contribution in [0, 0.1) is 0 Å². The first-order valence-electron chi connectivity index (χ1n) is 5.98. The summed E-state index contributed by atoms with van der Waals surface area (Å²) in [6, 6.07) is 0. The van der Waals surface area contributed by atoms with Gasteiger partial charge in [-0.25, -0.2) is 4.98 Å². The molecule has 2 aromatic rings. The Morgan fingerprint density at radius 1 is 1.63 bits per heavy atom. The summed E-state index contributed by atoms with van der Waals surface area (Å²) in [4.78, 5) is 16.1. The molecule has 0 fully saturated rings. The highest BCUT2D eigenvalue weighted by Gasteiger charge is 2.13. The van der Waals surface area contributed by atoms with E-state index in [1.165, 1.54) is 0 Å². The lowest BCUT2D eigenvalue weighted by Gasteiger charge is -2.08. The first-order chi connectivity index (χ1) is 9.20. The summed E-state index contributed by atoms with van der Waals surface area (Å²) in [6.07, 6.45) is 3.35. The first-order valence-corrected chi connectivity index (χ1v) is 6.86. The summed E-state index contributed by atoms with van der Waals surface area (Å²) in [6.45, 7) is 3.56. The molecule has 0 saturated heterocycles. The average molecular weight is 280 g/mol. The van der Waals surface area contributed by atoms with E-state index >= 15 is 0 Å². The van der Waals surface area contributed by atoms with Crippen molar-refractivity contribution in [2.75, 3.05) is 13.1 Å². The zero-order valence-corrected chi connectivity index (χ0v) is 11.4. The van der Waals surface area contributed by atoms with Crippen molar-refractivity contribution in [3.63, 3.8) is 0 Å². The standard InChI is InChI=1S/C11H16N6OS/c1-8(11-13-3-5-19-11)6-14-10(18)9-7-17(4-2-12)16-15-9/h3,5,7-8H,2,4,6,12H2,1H3,(H,14,18). The van der Waals surface area contributed by atoms with Gasteiger partial charge in [0, 0.05) is 30.6 Å². The Balaban J connectivity index is 1.86. The molecule has 1 amide bonds. The number of nitrogens with zero attached hydrogens (tertiary/aromatic N) is 4. The minimum absolute atomic E-state index is 0.183. The van der Waals surface area contributed by atoms with Gasteiger partial charge in [-0.3, -0.25) is 9.48 Å². The number of aromatic nitrogens is 4. The Kier molecular flexibility index (Phi) is 4.58. The molecule has 0 aromatic carbocycles. The van der Waals surface area contributed by atoms with Crippen molar-refractivity contribution in [3.8, 4) is 0 Å². The van der Waals surface area contributed by atoms with Crippen LogP contribution in [-0.4, -0.2) is 39.0 Å². The summed E-state index contributed by atoms with van der Waals surface area (Å²) in [7, 11) is 0. The van der Waals surface area contributed by atoms with Gasteiger partial charge in [-0.2, -0.15) is 0 Å². The van der Waals surface area contributed by atoms with E-state index in [0.29, 0.717) is 25.3 Å². The fourth-order valence-electron chi connectivity index (χ4n) is 1.55. The molecule has 102 valence electrons. The van der Waals surface area contributed by atoms with E-state index in [1.54, 1.807) is 28.4 Å². The molecule has 1 unspecified atom stereocenters. The Labute approximate surface area is 114 Å². The topological polar surface area (TPSA) is 98.7 Å². The van der Waals surface area contributed by atoms with E-state index in [-0.39, 0.29) is 11.8 Å². The van der Waals surface area contributed by atoms with Crippen LogP contribution in [0.2, 0.25) is 0 Å². The number of thiazole rings is 1. The Hall–Kier alpha value is -1.80. The van der Waals surface area contributed by atoms with Crippen LogP contribution in [0.1, 0.15) is 28.3 Å². The number of nitrogens with two attached hydrogens (primary N) is 1. The molecular formula is C11H16N6OS. The summed E-state index contributed by atoms with van der Waals surface area (Å²) >= 11 is 1.58. The van der Waals surface area contributed by atoms with Crippen LogP contribution >= 0.6 is 11.3 Å². The quantitative estimate of drug-likeness (QED) is 0.789. The van der Waals surface area contributed by atoms with Crippen molar-refractivity contribution >= 4 is 17.2 Å². The molecule has 0 aliphatic heterocycles. The molecule has 2 aromatic heterocycles. The Bertz CT molecular complexity index is 523. The van der Waals surface area contributed by atoms with Crippen LogP contribution in [0.3, 0.4) is 0 Å². The van der Waals surface area contributed by atoms with Crippen molar-refractivity contribution in [2.24, 2.45) is 5.73 Å². The molecule has 19 heavy (non-hydrogen) atoms. The maximum Gasteiger partial charge on any atom is 0.273 e.